The monoisotopic (exact) mass is 279 g/mol. The van der Waals surface area contributed by atoms with Gasteiger partial charge in [0, 0.05) is 21.3 Å². The highest BCUT2D eigenvalue weighted by molar-refractivity contribution is 9.10. The Labute approximate surface area is 94.6 Å². The Morgan fingerprint density at radius 1 is 1.64 bits per heavy atom. The summed E-state index contributed by atoms with van der Waals surface area (Å²) in [5.41, 5.74) is 0. The maximum absolute atomic E-state index is 13.1. The van der Waals surface area contributed by atoms with Gasteiger partial charge in [-0.2, -0.15) is 0 Å². The lowest BCUT2D eigenvalue weighted by Gasteiger charge is -2.11. The Balaban J connectivity index is 1.82. The number of thiophene rings is 1. The van der Waals surface area contributed by atoms with E-state index in [0.717, 1.165) is 4.47 Å². The van der Waals surface area contributed by atoms with E-state index in [1.54, 1.807) is 11.3 Å². The molecule has 1 aromatic rings. The van der Waals surface area contributed by atoms with Gasteiger partial charge >= 0.3 is 0 Å². The molecule has 1 aromatic heterocycles. The molecule has 2 atom stereocenters. The quantitative estimate of drug-likeness (QED) is 0.917. The van der Waals surface area contributed by atoms with Crippen molar-refractivity contribution in [3.05, 3.63) is 20.8 Å². The second kappa shape index (κ2) is 4.70. The summed E-state index contributed by atoms with van der Waals surface area (Å²) in [5, 5.41) is 5.17. The van der Waals surface area contributed by atoms with Crippen molar-refractivity contribution in [2.45, 2.75) is 18.8 Å². The molecule has 2 rings (SSSR count). The highest BCUT2D eigenvalue weighted by atomic mass is 79.9. The fourth-order valence-corrected chi connectivity index (χ4v) is 2.80. The highest BCUT2D eigenvalue weighted by Gasteiger charge is 2.27. The van der Waals surface area contributed by atoms with Crippen LogP contribution >= 0.6 is 27.3 Å². The van der Waals surface area contributed by atoms with Crippen molar-refractivity contribution in [3.8, 4) is 0 Å². The molecule has 1 aliphatic rings. The lowest BCUT2D eigenvalue weighted by molar-refractivity contribution is 0.172. The molecule has 1 aliphatic heterocycles. The Morgan fingerprint density at radius 3 is 3.07 bits per heavy atom. The minimum Gasteiger partial charge on any atom is -0.377 e. The molecule has 0 saturated carbocycles. The minimum atomic E-state index is -0.863. The van der Waals surface area contributed by atoms with Crippen LogP contribution < -0.4 is 5.32 Å². The van der Waals surface area contributed by atoms with Crippen molar-refractivity contribution in [2.24, 2.45) is 0 Å². The van der Waals surface area contributed by atoms with E-state index in [2.05, 4.69) is 21.2 Å². The maximum atomic E-state index is 13.1. The first-order valence-corrected chi connectivity index (χ1v) is 6.11. The van der Waals surface area contributed by atoms with Gasteiger partial charge in [-0.15, -0.1) is 11.3 Å². The number of nitrogens with one attached hydrogen (secondary N) is 1. The number of halogens is 2. The van der Waals surface area contributed by atoms with Crippen molar-refractivity contribution >= 4 is 27.3 Å². The van der Waals surface area contributed by atoms with E-state index in [4.69, 9.17) is 4.74 Å². The first kappa shape index (κ1) is 10.5. The van der Waals surface area contributed by atoms with Crippen LogP contribution in [0.25, 0.3) is 0 Å². The normalized spacial score (nSPS) is 27.0. The van der Waals surface area contributed by atoms with E-state index in [0.29, 0.717) is 13.2 Å². The first-order chi connectivity index (χ1) is 6.75. The molecular formula is C9H11BrFNOS. The molecule has 78 valence electrons. The Morgan fingerprint density at radius 2 is 2.50 bits per heavy atom. The van der Waals surface area contributed by atoms with Gasteiger partial charge in [0.15, 0.2) is 0 Å². The van der Waals surface area contributed by atoms with E-state index < -0.39 is 6.17 Å². The van der Waals surface area contributed by atoms with E-state index >= 15 is 0 Å². The molecule has 2 unspecified atom stereocenters. The van der Waals surface area contributed by atoms with Crippen LogP contribution in [0, 0.1) is 0 Å². The average molecular weight is 280 g/mol. The molecule has 2 nitrogen and oxygen atoms in total. The van der Waals surface area contributed by atoms with Crippen molar-refractivity contribution in [1.82, 2.24) is 5.32 Å². The third-order valence-corrected chi connectivity index (χ3v) is 3.87. The Kier molecular flexibility index (Phi) is 3.54. The number of hydrogen-bond acceptors (Lipinski definition) is 3. The van der Waals surface area contributed by atoms with Crippen LogP contribution in [0.3, 0.4) is 0 Å². The summed E-state index contributed by atoms with van der Waals surface area (Å²) in [6.45, 7) is 1.42. The minimum absolute atomic E-state index is 0.143. The molecule has 0 aromatic carbocycles. The van der Waals surface area contributed by atoms with Crippen molar-refractivity contribution in [1.29, 1.82) is 0 Å². The van der Waals surface area contributed by atoms with E-state index in [9.17, 15) is 4.39 Å². The van der Waals surface area contributed by atoms with Gasteiger partial charge in [0.05, 0.1) is 19.3 Å². The van der Waals surface area contributed by atoms with Crippen molar-refractivity contribution in [3.63, 3.8) is 0 Å². The van der Waals surface area contributed by atoms with Crippen LogP contribution in [0.1, 0.15) is 4.88 Å². The van der Waals surface area contributed by atoms with Crippen LogP contribution in [0.5, 0.6) is 0 Å². The number of hydrogen-bond donors (Lipinski definition) is 1. The summed E-state index contributed by atoms with van der Waals surface area (Å²) >= 11 is 5.04. The molecule has 1 saturated heterocycles. The summed E-state index contributed by atoms with van der Waals surface area (Å²) < 4.78 is 19.2. The molecule has 0 aliphatic carbocycles. The van der Waals surface area contributed by atoms with Gasteiger partial charge in [-0.05, 0) is 22.0 Å². The molecular weight excluding hydrogens is 269 g/mol. The number of alkyl halides is 1. The predicted octanol–water partition coefficient (Wildman–Crippen LogP) is 2.34. The van der Waals surface area contributed by atoms with Crippen LogP contribution in [-0.4, -0.2) is 25.4 Å². The zero-order valence-corrected chi connectivity index (χ0v) is 9.91. The molecule has 1 N–H and O–H groups in total. The summed E-state index contributed by atoms with van der Waals surface area (Å²) in [6.07, 6.45) is -0.863. The topological polar surface area (TPSA) is 21.3 Å². The van der Waals surface area contributed by atoms with Gasteiger partial charge in [0.25, 0.3) is 0 Å². The smallest absolute Gasteiger partial charge is 0.141 e. The summed E-state index contributed by atoms with van der Waals surface area (Å²) in [6, 6.07) is 1.90. The van der Waals surface area contributed by atoms with E-state index in [1.165, 1.54) is 4.88 Å². The zero-order valence-electron chi connectivity index (χ0n) is 7.50. The summed E-state index contributed by atoms with van der Waals surface area (Å²) in [5.74, 6) is 0. The Hall–Kier alpha value is 0.0300. The fraction of sp³-hybridized carbons (Fsp3) is 0.556. The number of ether oxygens (including phenoxy) is 1. The van der Waals surface area contributed by atoms with E-state index in [-0.39, 0.29) is 12.6 Å². The first-order valence-electron chi connectivity index (χ1n) is 4.44. The molecule has 0 radical (unpaired) electrons. The van der Waals surface area contributed by atoms with Crippen LogP contribution in [0.2, 0.25) is 0 Å². The van der Waals surface area contributed by atoms with Crippen LogP contribution in [-0.2, 0) is 11.3 Å². The SMILES string of the molecule is FC1COCC1NCc1cc(Br)cs1. The molecule has 0 amide bonds. The second-order valence-corrected chi connectivity index (χ2v) is 5.18. The van der Waals surface area contributed by atoms with Gasteiger partial charge in [-0.3, -0.25) is 0 Å². The van der Waals surface area contributed by atoms with Gasteiger partial charge in [0.1, 0.15) is 6.17 Å². The Bertz CT molecular complexity index is 307. The fourth-order valence-electron chi connectivity index (χ4n) is 1.39. The summed E-state index contributed by atoms with van der Waals surface area (Å²) in [4.78, 5) is 1.20. The lowest BCUT2D eigenvalue weighted by Crippen LogP contribution is -2.35. The maximum Gasteiger partial charge on any atom is 0.141 e. The van der Waals surface area contributed by atoms with Crippen molar-refractivity contribution < 1.29 is 9.13 Å². The largest absolute Gasteiger partial charge is 0.377 e. The van der Waals surface area contributed by atoms with Gasteiger partial charge in [-0.1, -0.05) is 0 Å². The molecule has 2 heterocycles. The second-order valence-electron chi connectivity index (χ2n) is 3.27. The van der Waals surface area contributed by atoms with Crippen LogP contribution in [0.15, 0.2) is 15.9 Å². The molecule has 14 heavy (non-hydrogen) atoms. The van der Waals surface area contributed by atoms with Gasteiger partial charge in [0.2, 0.25) is 0 Å². The molecule has 5 heteroatoms. The van der Waals surface area contributed by atoms with E-state index in [1.807, 2.05) is 11.4 Å². The number of rotatable bonds is 3. The molecule has 1 fully saturated rings. The van der Waals surface area contributed by atoms with Crippen LogP contribution in [0.4, 0.5) is 4.39 Å². The predicted molar refractivity (Wildman–Crippen MR) is 58.4 cm³/mol. The van der Waals surface area contributed by atoms with Gasteiger partial charge < -0.3 is 10.1 Å². The third kappa shape index (κ3) is 2.53. The molecule has 0 spiro atoms. The third-order valence-electron chi connectivity index (χ3n) is 2.17. The van der Waals surface area contributed by atoms with Crippen molar-refractivity contribution in [2.75, 3.05) is 13.2 Å². The highest BCUT2D eigenvalue weighted by Crippen LogP contribution is 2.20. The zero-order chi connectivity index (χ0) is 9.97. The lowest BCUT2D eigenvalue weighted by atomic mass is 10.2. The average Bonchev–Trinajstić information content (AvgIpc) is 2.72. The summed E-state index contributed by atoms with van der Waals surface area (Å²) in [7, 11) is 0. The molecule has 0 bridgehead atoms. The van der Waals surface area contributed by atoms with Gasteiger partial charge in [-0.25, -0.2) is 4.39 Å². The standard InChI is InChI=1S/C9H11BrFNOS/c10-6-1-7(14-5-6)2-12-9-4-13-3-8(9)11/h1,5,8-9,12H,2-4H2.